The van der Waals surface area contributed by atoms with Crippen LogP contribution in [0, 0.1) is 0 Å². The molecule has 0 N–H and O–H groups in total. The molecule has 1 aromatic heterocycles. The van der Waals surface area contributed by atoms with Crippen LogP contribution < -0.4 is 0 Å². The van der Waals surface area contributed by atoms with E-state index in [-0.39, 0.29) is 0 Å². The smallest absolute Gasteiger partial charge is 0.131 e. The van der Waals surface area contributed by atoms with Gasteiger partial charge in [-0.15, -0.1) is 0 Å². The zero-order valence-electron chi connectivity index (χ0n) is 9.27. The van der Waals surface area contributed by atoms with Gasteiger partial charge in [-0.25, -0.2) is 9.97 Å². The zero-order valence-corrected chi connectivity index (χ0v) is 9.27. The van der Waals surface area contributed by atoms with Gasteiger partial charge in [0.15, 0.2) is 0 Å². The SMILES string of the molecule is C=C/C=C\c1cnc(C(C)C)nc1C=C. The summed E-state index contributed by atoms with van der Waals surface area (Å²) in [4.78, 5) is 8.72. The molecule has 0 saturated heterocycles. The van der Waals surface area contributed by atoms with E-state index in [2.05, 4.69) is 37.0 Å². The second-order valence-corrected chi connectivity index (χ2v) is 3.52. The minimum absolute atomic E-state index is 0.334. The first kappa shape index (κ1) is 11.4. The van der Waals surface area contributed by atoms with E-state index in [0.717, 1.165) is 17.1 Å². The van der Waals surface area contributed by atoms with Crippen molar-refractivity contribution < 1.29 is 0 Å². The molecule has 0 radical (unpaired) electrons. The molecule has 0 unspecified atom stereocenters. The van der Waals surface area contributed by atoms with Crippen LogP contribution in [0.15, 0.2) is 31.5 Å². The summed E-state index contributed by atoms with van der Waals surface area (Å²) < 4.78 is 0. The molecule has 0 saturated carbocycles. The molecule has 0 aliphatic carbocycles. The van der Waals surface area contributed by atoms with Gasteiger partial charge < -0.3 is 0 Å². The molecule has 0 aliphatic rings. The third-order valence-electron chi connectivity index (χ3n) is 1.99. The maximum absolute atomic E-state index is 4.43. The number of hydrogen-bond donors (Lipinski definition) is 0. The van der Waals surface area contributed by atoms with Crippen molar-refractivity contribution in [2.45, 2.75) is 19.8 Å². The summed E-state index contributed by atoms with van der Waals surface area (Å²) in [5, 5.41) is 0. The lowest BCUT2D eigenvalue weighted by Gasteiger charge is -2.06. The van der Waals surface area contributed by atoms with Crippen LogP contribution in [0.3, 0.4) is 0 Å². The highest BCUT2D eigenvalue weighted by atomic mass is 14.9. The summed E-state index contributed by atoms with van der Waals surface area (Å²) in [7, 11) is 0. The maximum atomic E-state index is 4.43. The van der Waals surface area contributed by atoms with Crippen molar-refractivity contribution in [2.75, 3.05) is 0 Å². The van der Waals surface area contributed by atoms with E-state index >= 15 is 0 Å². The Hall–Kier alpha value is -1.70. The second kappa shape index (κ2) is 5.25. The Labute approximate surface area is 91.1 Å². The molecule has 2 heteroatoms. The number of allylic oxidation sites excluding steroid dienone is 2. The molecule has 0 amide bonds. The molecule has 1 aromatic rings. The van der Waals surface area contributed by atoms with E-state index in [4.69, 9.17) is 0 Å². The molecular weight excluding hydrogens is 184 g/mol. The summed E-state index contributed by atoms with van der Waals surface area (Å²) >= 11 is 0. The molecule has 0 aromatic carbocycles. The van der Waals surface area contributed by atoms with Gasteiger partial charge in [-0.05, 0) is 6.08 Å². The van der Waals surface area contributed by atoms with E-state index < -0.39 is 0 Å². The lowest BCUT2D eigenvalue weighted by atomic mass is 10.1. The van der Waals surface area contributed by atoms with E-state index in [1.807, 2.05) is 18.3 Å². The van der Waals surface area contributed by atoms with Gasteiger partial charge in [-0.1, -0.05) is 45.2 Å². The fourth-order valence-corrected chi connectivity index (χ4v) is 1.16. The summed E-state index contributed by atoms with van der Waals surface area (Å²) in [6.45, 7) is 11.5. The van der Waals surface area contributed by atoms with Gasteiger partial charge in [0.25, 0.3) is 0 Å². The Morgan fingerprint density at radius 1 is 1.33 bits per heavy atom. The first-order valence-corrected chi connectivity index (χ1v) is 4.97. The lowest BCUT2D eigenvalue weighted by Crippen LogP contribution is -2.00. The van der Waals surface area contributed by atoms with Crippen LogP contribution >= 0.6 is 0 Å². The predicted molar refractivity (Wildman–Crippen MR) is 65.4 cm³/mol. The first-order valence-electron chi connectivity index (χ1n) is 4.97. The average molecular weight is 200 g/mol. The molecule has 0 aliphatic heterocycles. The monoisotopic (exact) mass is 200 g/mol. The molecule has 1 rings (SSSR count). The second-order valence-electron chi connectivity index (χ2n) is 3.52. The van der Waals surface area contributed by atoms with Gasteiger partial charge >= 0.3 is 0 Å². The van der Waals surface area contributed by atoms with E-state index in [1.165, 1.54) is 0 Å². The molecule has 15 heavy (non-hydrogen) atoms. The van der Waals surface area contributed by atoms with Crippen LogP contribution in [0.2, 0.25) is 0 Å². The lowest BCUT2D eigenvalue weighted by molar-refractivity contribution is 0.771. The van der Waals surface area contributed by atoms with Crippen molar-refractivity contribution in [3.8, 4) is 0 Å². The quantitative estimate of drug-likeness (QED) is 0.696. The molecule has 2 nitrogen and oxygen atoms in total. The Morgan fingerprint density at radius 2 is 2.07 bits per heavy atom. The van der Waals surface area contributed by atoms with Gasteiger partial charge in [-0.2, -0.15) is 0 Å². The third-order valence-corrected chi connectivity index (χ3v) is 1.99. The fraction of sp³-hybridized carbons (Fsp3) is 0.231. The van der Waals surface area contributed by atoms with Crippen molar-refractivity contribution >= 4 is 12.2 Å². The van der Waals surface area contributed by atoms with Crippen LogP contribution in [0.1, 0.15) is 36.8 Å². The predicted octanol–water partition coefficient (Wildman–Crippen LogP) is 3.44. The fourth-order valence-electron chi connectivity index (χ4n) is 1.16. The Bertz CT molecular complexity index is 390. The van der Waals surface area contributed by atoms with Crippen LogP contribution in [0.4, 0.5) is 0 Å². The highest BCUT2D eigenvalue weighted by molar-refractivity contribution is 5.61. The number of aromatic nitrogens is 2. The number of rotatable bonds is 4. The standard InChI is InChI=1S/C13H16N2/c1-5-7-8-11-9-14-13(10(3)4)15-12(11)6-2/h5-10H,1-2H2,3-4H3/b8-7-. The summed E-state index contributed by atoms with van der Waals surface area (Å²) in [6, 6.07) is 0. The summed E-state index contributed by atoms with van der Waals surface area (Å²) in [5.41, 5.74) is 1.83. The van der Waals surface area contributed by atoms with Crippen LogP contribution in [0.5, 0.6) is 0 Å². The minimum atomic E-state index is 0.334. The minimum Gasteiger partial charge on any atom is -0.240 e. The van der Waals surface area contributed by atoms with Gasteiger partial charge in [0.2, 0.25) is 0 Å². The molecular formula is C13H16N2. The van der Waals surface area contributed by atoms with E-state index in [0.29, 0.717) is 5.92 Å². The Morgan fingerprint density at radius 3 is 2.60 bits per heavy atom. The maximum Gasteiger partial charge on any atom is 0.131 e. The van der Waals surface area contributed by atoms with Crippen molar-refractivity contribution in [3.63, 3.8) is 0 Å². The van der Waals surface area contributed by atoms with Crippen molar-refractivity contribution in [1.29, 1.82) is 0 Å². The zero-order chi connectivity index (χ0) is 11.3. The van der Waals surface area contributed by atoms with Gasteiger partial charge in [0.05, 0.1) is 5.69 Å². The topological polar surface area (TPSA) is 25.8 Å². The molecule has 0 bridgehead atoms. The van der Waals surface area contributed by atoms with Crippen LogP contribution in [-0.4, -0.2) is 9.97 Å². The third kappa shape index (κ3) is 2.88. The molecule has 1 heterocycles. The first-order chi connectivity index (χ1) is 7.19. The molecule has 0 fully saturated rings. The van der Waals surface area contributed by atoms with Gasteiger partial charge in [-0.3, -0.25) is 0 Å². The Kier molecular flexibility index (Phi) is 3.98. The molecule has 78 valence electrons. The van der Waals surface area contributed by atoms with Crippen LogP contribution in [0.25, 0.3) is 12.2 Å². The number of hydrogen-bond acceptors (Lipinski definition) is 2. The van der Waals surface area contributed by atoms with E-state index in [1.54, 1.807) is 12.2 Å². The highest BCUT2D eigenvalue weighted by Gasteiger charge is 2.05. The highest BCUT2D eigenvalue weighted by Crippen LogP contribution is 2.14. The van der Waals surface area contributed by atoms with E-state index in [9.17, 15) is 0 Å². The Balaban J connectivity index is 3.14. The normalized spacial score (nSPS) is 10.9. The van der Waals surface area contributed by atoms with Crippen molar-refractivity contribution in [1.82, 2.24) is 9.97 Å². The van der Waals surface area contributed by atoms with Gasteiger partial charge in [0, 0.05) is 17.7 Å². The largest absolute Gasteiger partial charge is 0.240 e. The molecule has 0 spiro atoms. The molecule has 0 atom stereocenters. The van der Waals surface area contributed by atoms with Crippen LogP contribution in [-0.2, 0) is 0 Å². The summed E-state index contributed by atoms with van der Waals surface area (Å²) in [6.07, 6.45) is 9.08. The van der Waals surface area contributed by atoms with Gasteiger partial charge in [0.1, 0.15) is 5.82 Å². The average Bonchev–Trinajstić information content (AvgIpc) is 2.25. The van der Waals surface area contributed by atoms with Crippen molar-refractivity contribution in [3.05, 3.63) is 48.6 Å². The van der Waals surface area contributed by atoms with Crippen molar-refractivity contribution in [2.24, 2.45) is 0 Å². The number of nitrogens with zero attached hydrogens (tertiary/aromatic N) is 2. The summed E-state index contributed by atoms with van der Waals surface area (Å²) in [5.74, 6) is 1.18.